The summed E-state index contributed by atoms with van der Waals surface area (Å²) in [5.74, 6) is -0.157. The van der Waals surface area contributed by atoms with E-state index in [4.69, 9.17) is 0 Å². The first-order valence-corrected chi connectivity index (χ1v) is 7.72. The molecule has 112 valence electrons. The van der Waals surface area contributed by atoms with Crippen molar-refractivity contribution < 1.29 is 4.39 Å². The normalized spacial score (nSPS) is 17.1. The zero-order chi connectivity index (χ0) is 15.3. The first-order chi connectivity index (χ1) is 10.7. The second kappa shape index (κ2) is 4.96. The summed E-state index contributed by atoms with van der Waals surface area (Å²) < 4.78 is 16.6. The van der Waals surface area contributed by atoms with Gasteiger partial charge in [0.25, 0.3) is 0 Å². The maximum atomic E-state index is 14.3. The zero-order valence-corrected chi connectivity index (χ0v) is 12.9. The van der Waals surface area contributed by atoms with Gasteiger partial charge in [0.1, 0.15) is 5.82 Å². The van der Waals surface area contributed by atoms with E-state index in [1.807, 2.05) is 19.2 Å². The Bertz CT molecular complexity index is 863. The predicted octanol–water partition coefficient (Wildman–Crippen LogP) is 3.90. The van der Waals surface area contributed by atoms with Crippen molar-refractivity contribution in [3.8, 4) is 11.1 Å². The Morgan fingerprint density at radius 2 is 1.95 bits per heavy atom. The summed E-state index contributed by atoms with van der Waals surface area (Å²) in [4.78, 5) is 0. The van der Waals surface area contributed by atoms with Crippen LogP contribution in [0.3, 0.4) is 0 Å². The van der Waals surface area contributed by atoms with E-state index in [1.165, 1.54) is 28.1 Å². The molecule has 2 nitrogen and oxygen atoms in total. The van der Waals surface area contributed by atoms with Crippen LogP contribution in [0.4, 0.5) is 4.39 Å². The predicted molar refractivity (Wildman–Crippen MR) is 88.6 cm³/mol. The molecule has 2 heterocycles. The number of aromatic nitrogens is 1. The molecule has 0 aliphatic carbocycles. The molecule has 4 rings (SSSR count). The molecule has 0 fully saturated rings. The summed E-state index contributed by atoms with van der Waals surface area (Å²) in [7, 11) is 2.00. The second-order valence-corrected chi connectivity index (χ2v) is 6.13. The van der Waals surface area contributed by atoms with Gasteiger partial charge in [0.15, 0.2) is 0 Å². The topological polar surface area (TPSA) is 17.0 Å². The smallest absolute Gasteiger partial charge is 0.131 e. The van der Waals surface area contributed by atoms with Gasteiger partial charge in [-0.2, -0.15) is 0 Å². The Morgan fingerprint density at radius 3 is 2.73 bits per heavy atom. The number of hydrogen-bond acceptors (Lipinski definition) is 1. The van der Waals surface area contributed by atoms with Crippen molar-refractivity contribution in [3.05, 3.63) is 59.5 Å². The molecule has 1 aromatic heterocycles. The van der Waals surface area contributed by atoms with E-state index in [2.05, 4.69) is 35.1 Å². The van der Waals surface area contributed by atoms with Crippen molar-refractivity contribution in [2.45, 2.75) is 25.9 Å². The van der Waals surface area contributed by atoms with Gasteiger partial charge in [0.2, 0.25) is 0 Å². The number of rotatable bonds is 2. The molecule has 0 spiro atoms. The number of likely N-dealkylation sites (N-methyl/N-ethyl adjacent to an activating group) is 1. The van der Waals surface area contributed by atoms with Crippen molar-refractivity contribution in [1.82, 2.24) is 9.88 Å². The Morgan fingerprint density at radius 1 is 1.14 bits per heavy atom. The van der Waals surface area contributed by atoms with E-state index in [0.717, 1.165) is 18.5 Å². The van der Waals surface area contributed by atoms with E-state index in [-0.39, 0.29) is 5.82 Å². The summed E-state index contributed by atoms with van der Waals surface area (Å²) >= 11 is 0. The molecule has 1 N–H and O–H groups in total. The lowest BCUT2D eigenvalue weighted by Gasteiger charge is -2.24. The highest BCUT2D eigenvalue weighted by atomic mass is 19.1. The lowest BCUT2D eigenvalue weighted by molar-refractivity contribution is 0.471. The molecule has 22 heavy (non-hydrogen) atoms. The first kappa shape index (κ1) is 13.5. The molecule has 1 aliphatic rings. The van der Waals surface area contributed by atoms with Crippen molar-refractivity contribution in [3.63, 3.8) is 0 Å². The van der Waals surface area contributed by atoms with Crippen LogP contribution in [0.1, 0.15) is 11.1 Å². The van der Waals surface area contributed by atoms with Crippen LogP contribution in [0, 0.1) is 12.7 Å². The van der Waals surface area contributed by atoms with Crippen LogP contribution in [-0.4, -0.2) is 17.7 Å². The van der Waals surface area contributed by atoms with Crippen LogP contribution >= 0.6 is 0 Å². The van der Waals surface area contributed by atoms with Crippen LogP contribution in [0.25, 0.3) is 22.0 Å². The number of hydrogen-bond donors (Lipinski definition) is 1. The van der Waals surface area contributed by atoms with Gasteiger partial charge < -0.3 is 9.88 Å². The third-order valence-corrected chi connectivity index (χ3v) is 4.77. The summed E-state index contributed by atoms with van der Waals surface area (Å²) in [6.07, 6.45) is 3.14. The molecule has 2 aromatic carbocycles. The number of halogens is 1. The maximum absolute atomic E-state index is 14.3. The van der Waals surface area contributed by atoms with Gasteiger partial charge in [-0.1, -0.05) is 30.3 Å². The highest BCUT2D eigenvalue weighted by molar-refractivity contribution is 6.00. The summed E-state index contributed by atoms with van der Waals surface area (Å²) in [5, 5.41) is 4.56. The number of nitrogens with one attached hydrogen (secondary N) is 1. The van der Waals surface area contributed by atoms with E-state index in [1.54, 1.807) is 6.07 Å². The molecular weight excluding hydrogens is 275 g/mol. The fourth-order valence-corrected chi connectivity index (χ4v) is 3.64. The van der Waals surface area contributed by atoms with Crippen LogP contribution in [0.2, 0.25) is 0 Å². The second-order valence-electron chi connectivity index (χ2n) is 6.13. The molecule has 0 saturated heterocycles. The summed E-state index contributed by atoms with van der Waals surface area (Å²) in [6.45, 7) is 3.04. The largest absolute Gasteiger partial charge is 0.345 e. The van der Waals surface area contributed by atoms with E-state index in [0.29, 0.717) is 11.6 Å². The molecule has 0 unspecified atom stereocenters. The standard InChI is InChI=1S/C19H19FN2/c1-12-7-8-13-9-14(21-2)10-22-11-16(18(12)19(13)22)15-5-3-4-6-17(15)20/h3-8,11,14,21H,9-10H2,1-2H3/t14-/m0/s1. The molecule has 3 heteroatoms. The maximum Gasteiger partial charge on any atom is 0.131 e. The molecule has 0 bridgehead atoms. The van der Waals surface area contributed by atoms with E-state index >= 15 is 0 Å². The van der Waals surface area contributed by atoms with E-state index < -0.39 is 0 Å². The Hall–Kier alpha value is -2.13. The van der Waals surface area contributed by atoms with Gasteiger partial charge >= 0.3 is 0 Å². The van der Waals surface area contributed by atoms with Crippen molar-refractivity contribution in [2.75, 3.05) is 7.05 Å². The Labute approximate surface area is 129 Å². The van der Waals surface area contributed by atoms with Crippen molar-refractivity contribution in [1.29, 1.82) is 0 Å². The number of nitrogens with zero attached hydrogens (tertiary/aromatic N) is 1. The van der Waals surface area contributed by atoms with Gasteiger partial charge in [-0.3, -0.25) is 0 Å². The average Bonchev–Trinajstić information content (AvgIpc) is 2.91. The SMILES string of the molecule is CN[C@H]1Cc2ccc(C)c3c(-c4ccccc4F)cn(c23)C1. The highest BCUT2D eigenvalue weighted by Crippen LogP contribution is 2.38. The molecule has 0 saturated carbocycles. The monoisotopic (exact) mass is 294 g/mol. The first-order valence-electron chi connectivity index (χ1n) is 7.72. The molecule has 0 amide bonds. The highest BCUT2D eigenvalue weighted by Gasteiger charge is 2.23. The van der Waals surface area contributed by atoms with E-state index in [9.17, 15) is 4.39 Å². The minimum Gasteiger partial charge on any atom is -0.345 e. The number of aryl methyl sites for hydroxylation is 1. The third kappa shape index (κ3) is 1.89. The summed E-state index contributed by atoms with van der Waals surface area (Å²) in [5.41, 5.74) is 5.51. The zero-order valence-electron chi connectivity index (χ0n) is 12.9. The van der Waals surface area contributed by atoms with Gasteiger partial charge in [-0.25, -0.2) is 4.39 Å². The molecule has 0 radical (unpaired) electrons. The van der Waals surface area contributed by atoms with Gasteiger partial charge in [0.05, 0.1) is 5.52 Å². The van der Waals surface area contributed by atoms with Gasteiger partial charge in [-0.15, -0.1) is 0 Å². The quantitative estimate of drug-likeness (QED) is 0.758. The van der Waals surface area contributed by atoms with Crippen LogP contribution in [0.15, 0.2) is 42.6 Å². The average molecular weight is 294 g/mol. The van der Waals surface area contributed by atoms with Gasteiger partial charge in [-0.05, 0) is 37.6 Å². The fourth-order valence-electron chi connectivity index (χ4n) is 3.64. The minimum absolute atomic E-state index is 0.157. The molecule has 3 aromatic rings. The molecule has 1 atom stereocenters. The number of benzene rings is 2. The Balaban J connectivity index is 2.03. The lowest BCUT2D eigenvalue weighted by Crippen LogP contribution is -2.34. The third-order valence-electron chi connectivity index (χ3n) is 4.77. The fraction of sp³-hybridized carbons (Fsp3) is 0.263. The van der Waals surface area contributed by atoms with Gasteiger partial charge in [0, 0.05) is 35.3 Å². The Kier molecular flexibility index (Phi) is 3.05. The molecular formula is C19H19FN2. The van der Waals surface area contributed by atoms with Crippen LogP contribution < -0.4 is 5.32 Å². The minimum atomic E-state index is -0.157. The molecule has 1 aliphatic heterocycles. The lowest BCUT2D eigenvalue weighted by atomic mass is 9.95. The van der Waals surface area contributed by atoms with Crippen LogP contribution in [0.5, 0.6) is 0 Å². The van der Waals surface area contributed by atoms with Crippen molar-refractivity contribution in [2.24, 2.45) is 0 Å². The van der Waals surface area contributed by atoms with Crippen molar-refractivity contribution >= 4 is 10.9 Å². The van der Waals surface area contributed by atoms with Crippen LogP contribution in [-0.2, 0) is 13.0 Å². The summed E-state index contributed by atoms with van der Waals surface area (Å²) in [6, 6.07) is 11.8.